The van der Waals surface area contributed by atoms with Crippen LogP contribution in [-0.4, -0.2) is 41.3 Å². The number of nitrogens with zero attached hydrogens (tertiary/aromatic N) is 2. The number of benzene rings is 1. The zero-order valence-corrected chi connectivity index (χ0v) is 17.6. The summed E-state index contributed by atoms with van der Waals surface area (Å²) in [7, 11) is 0. The molecule has 3 rings (SSSR count). The third-order valence-electron chi connectivity index (χ3n) is 5.38. The summed E-state index contributed by atoms with van der Waals surface area (Å²) in [6.07, 6.45) is -2.29. The Morgan fingerprint density at radius 3 is 2.68 bits per heavy atom. The van der Waals surface area contributed by atoms with Crippen LogP contribution in [0.15, 0.2) is 36.4 Å². The summed E-state index contributed by atoms with van der Waals surface area (Å²) in [5.74, 6) is -0.326. The summed E-state index contributed by atoms with van der Waals surface area (Å²) in [5.41, 5.74) is 2.46. The summed E-state index contributed by atoms with van der Waals surface area (Å²) in [5, 5.41) is 2.53. The standard InChI is InChI=1S/C23H26F3N3O2/c1-15-9-18(10-17-5-3-7-20(11-17)23(24,25)26)12-21(28-15)19-6-4-8-29(14-19)22(31)13-27-16(2)30/h3,5,7,9,11-12,19H,4,6,8,10,13-14H2,1-2H3,(H,27,30)/t19-/m0/s1. The number of pyridine rings is 1. The number of aryl methyl sites for hydroxylation is 1. The molecule has 0 unspecified atom stereocenters. The largest absolute Gasteiger partial charge is 0.416 e. The summed E-state index contributed by atoms with van der Waals surface area (Å²) in [4.78, 5) is 29.8. The number of hydrogen-bond acceptors (Lipinski definition) is 3. The van der Waals surface area contributed by atoms with E-state index in [0.717, 1.165) is 35.9 Å². The first-order chi connectivity index (χ1) is 14.6. The molecule has 1 aliphatic rings. The highest BCUT2D eigenvalue weighted by atomic mass is 19.4. The lowest BCUT2D eigenvalue weighted by Gasteiger charge is -2.33. The van der Waals surface area contributed by atoms with E-state index < -0.39 is 11.7 Å². The minimum atomic E-state index is -4.37. The van der Waals surface area contributed by atoms with Crippen LogP contribution >= 0.6 is 0 Å². The number of amides is 2. The van der Waals surface area contributed by atoms with Crippen LogP contribution in [0.25, 0.3) is 0 Å². The molecule has 1 saturated heterocycles. The van der Waals surface area contributed by atoms with Gasteiger partial charge in [-0.2, -0.15) is 13.2 Å². The summed E-state index contributed by atoms with van der Waals surface area (Å²) >= 11 is 0. The van der Waals surface area contributed by atoms with Gasteiger partial charge in [-0.3, -0.25) is 14.6 Å². The molecule has 1 aromatic heterocycles. The van der Waals surface area contributed by atoms with Crippen LogP contribution in [0.4, 0.5) is 13.2 Å². The van der Waals surface area contributed by atoms with Gasteiger partial charge in [-0.15, -0.1) is 0 Å². The first-order valence-electron chi connectivity index (χ1n) is 10.3. The quantitative estimate of drug-likeness (QED) is 0.779. The first kappa shape index (κ1) is 22.8. The van der Waals surface area contributed by atoms with Crippen LogP contribution in [0.2, 0.25) is 0 Å². The Morgan fingerprint density at radius 2 is 1.97 bits per heavy atom. The van der Waals surface area contributed by atoms with Crippen molar-refractivity contribution in [1.82, 2.24) is 15.2 Å². The molecule has 0 bridgehead atoms. The van der Waals surface area contributed by atoms with Crippen LogP contribution in [0.5, 0.6) is 0 Å². The van der Waals surface area contributed by atoms with E-state index in [-0.39, 0.29) is 24.3 Å². The van der Waals surface area contributed by atoms with E-state index in [1.807, 2.05) is 19.1 Å². The first-order valence-corrected chi connectivity index (χ1v) is 10.3. The Hall–Kier alpha value is -2.90. The number of carbonyl (C=O) groups is 2. The van der Waals surface area contributed by atoms with E-state index in [0.29, 0.717) is 25.1 Å². The number of carbonyl (C=O) groups excluding carboxylic acids is 2. The van der Waals surface area contributed by atoms with Crippen molar-refractivity contribution >= 4 is 11.8 Å². The lowest BCUT2D eigenvalue weighted by molar-refractivity contribution is -0.137. The zero-order valence-electron chi connectivity index (χ0n) is 17.6. The third-order valence-corrected chi connectivity index (χ3v) is 5.38. The second-order valence-electron chi connectivity index (χ2n) is 8.01. The molecule has 0 radical (unpaired) electrons. The normalized spacial score (nSPS) is 16.8. The number of piperidine rings is 1. The highest BCUT2D eigenvalue weighted by molar-refractivity contribution is 5.83. The zero-order chi connectivity index (χ0) is 22.6. The number of halogens is 3. The molecule has 5 nitrogen and oxygen atoms in total. The molecule has 1 aliphatic heterocycles. The number of likely N-dealkylation sites (tertiary alicyclic amines) is 1. The molecule has 0 saturated carbocycles. The molecule has 31 heavy (non-hydrogen) atoms. The van der Waals surface area contributed by atoms with Gasteiger partial charge in [0.05, 0.1) is 12.1 Å². The third kappa shape index (κ3) is 6.29. The van der Waals surface area contributed by atoms with Gasteiger partial charge in [-0.1, -0.05) is 18.2 Å². The van der Waals surface area contributed by atoms with Gasteiger partial charge in [-0.05, 0) is 55.5 Å². The van der Waals surface area contributed by atoms with E-state index >= 15 is 0 Å². The fourth-order valence-electron chi connectivity index (χ4n) is 3.93. The van der Waals surface area contributed by atoms with E-state index in [1.165, 1.54) is 19.1 Å². The number of aromatic nitrogens is 1. The van der Waals surface area contributed by atoms with Gasteiger partial charge in [0.25, 0.3) is 0 Å². The molecular weight excluding hydrogens is 407 g/mol. The lowest BCUT2D eigenvalue weighted by atomic mass is 9.92. The maximum Gasteiger partial charge on any atom is 0.416 e. The molecule has 0 aliphatic carbocycles. The molecular formula is C23H26F3N3O2. The Kier molecular flexibility index (Phi) is 6.97. The maximum atomic E-state index is 13.0. The lowest BCUT2D eigenvalue weighted by Crippen LogP contribution is -2.44. The summed E-state index contributed by atoms with van der Waals surface area (Å²) in [6.45, 7) is 4.36. The van der Waals surface area contributed by atoms with Gasteiger partial charge in [-0.25, -0.2) is 0 Å². The number of alkyl halides is 3. The van der Waals surface area contributed by atoms with E-state index in [9.17, 15) is 22.8 Å². The second-order valence-corrected chi connectivity index (χ2v) is 8.01. The van der Waals surface area contributed by atoms with Crippen molar-refractivity contribution in [2.75, 3.05) is 19.6 Å². The molecule has 0 spiro atoms. The van der Waals surface area contributed by atoms with E-state index in [2.05, 4.69) is 10.3 Å². The van der Waals surface area contributed by atoms with E-state index in [1.54, 1.807) is 11.0 Å². The average Bonchev–Trinajstić information content (AvgIpc) is 2.71. The predicted octanol–water partition coefficient (Wildman–Crippen LogP) is 3.84. The van der Waals surface area contributed by atoms with Gasteiger partial charge >= 0.3 is 6.18 Å². The monoisotopic (exact) mass is 433 g/mol. The van der Waals surface area contributed by atoms with Crippen molar-refractivity contribution in [1.29, 1.82) is 0 Å². The fraction of sp³-hybridized carbons (Fsp3) is 0.435. The highest BCUT2D eigenvalue weighted by Gasteiger charge is 2.30. The summed E-state index contributed by atoms with van der Waals surface area (Å²) in [6, 6.07) is 9.17. The molecule has 1 fully saturated rings. The molecule has 8 heteroatoms. The van der Waals surface area contributed by atoms with Gasteiger partial charge in [0, 0.05) is 37.3 Å². The molecule has 1 N–H and O–H groups in total. The van der Waals surface area contributed by atoms with Crippen LogP contribution in [-0.2, 0) is 22.2 Å². The second kappa shape index (κ2) is 9.49. The summed E-state index contributed by atoms with van der Waals surface area (Å²) < 4.78 is 39.0. The van der Waals surface area contributed by atoms with Gasteiger partial charge < -0.3 is 10.2 Å². The Morgan fingerprint density at radius 1 is 1.19 bits per heavy atom. The van der Waals surface area contributed by atoms with Gasteiger partial charge in [0.15, 0.2) is 0 Å². The Labute approximate surface area is 179 Å². The van der Waals surface area contributed by atoms with Crippen molar-refractivity contribution in [3.05, 3.63) is 64.5 Å². The Bertz CT molecular complexity index is 959. The molecule has 2 heterocycles. The molecule has 2 amide bonds. The van der Waals surface area contributed by atoms with Crippen LogP contribution < -0.4 is 5.32 Å². The van der Waals surface area contributed by atoms with Crippen molar-refractivity contribution in [3.63, 3.8) is 0 Å². The maximum absolute atomic E-state index is 13.0. The minimum absolute atomic E-state index is 0.0237. The molecule has 1 aromatic carbocycles. The van der Waals surface area contributed by atoms with Crippen LogP contribution in [0, 0.1) is 6.92 Å². The number of hydrogen-bond donors (Lipinski definition) is 1. The average molecular weight is 433 g/mol. The minimum Gasteiger partial charge on any atom is -0.347 e. The highest BCUT2D eigenvalue weighted by Crippen LogP contribution is 2.31. The Balaban J connectivity index is 1.75. The van der Waals surface area contributed by atoms with Crippen molar-refractivity contribution in [3.8, 4) is 0 Å². The smallest absolute Gasteiger partial charge is 0.347 e. The number of rotatable bonds is 5. The van der Waals surface area contributed by atoms with Gasteiger partial charge in [0.1, 0.15) is 0 Å². The van der Waals surface area contributed by atoms with Gasteiger partial charge in [0.2, 0.25) is 11.8 Å². The van der Waals surface area contributed by atoms with Crippen molar-refractivity contribution in [2.24, 2.45) is 0 Å². The fourth-order valence-corrected chi connectivity index (χ4v) is 3.93. The SMILES string of the molecule is CC(=O)NCC(=O)N1CCC[C@H](c2cc(Cc3cccc(C(F)(F)F)c3)cc(C)n2)C1. The number of nitrogens with one attached hydrogen (secondary N) is 1. The van der Waals surface area contributed by atoms with Crippen LogP contribution in [0.1, 0.15) is 53.8 Å². The molecule has 2 aromatic rings. The van der Waals surface area contributed by atoms with Crippen molar-refractivity contribution < 1.29 is 22.8 Å². The van der Waals surface area contributed by atoms with Crippen molar-refractivity contribution in [2.45, 2.75) is 45.2 Å². The predicted molar refractivity (Wildman–Crippen MR) is 110 cm³/mol. The van der Waals surface area contributed by atoms with E-state index in [4.69, 9.17) is 0 Å². The van der Waals surface area contributed by atoms with Crippen LogP contribution in [0.3, 0.4) is 0 Å². The molecule has 166 valence electrons. The molecule has 1 atom stereocenters. The topological polar surface area (TPSA) is 62.3 Å².